The molecule has 2 heterocycles. The number of carbonyl (C=O) groups excluding carboxylic acids is 1. The Hall–Kier alpha value is -2.37. The maximum absolute atomic E-state index is 13.8. The number of nitrogens with one attached hydrogen (secondary N) is 1. The molecule has 1 atom stereocenters. The van der Waals surface area contributed by atoms with E-state index in [1.54, 1.807) is 17.2 Å². The Morgan fingerprint density at radius 1 is 1.45 bits per heavy atom. The minimum Gasteiger partial charge on any atom is -0.493 e. The number of H-pyrrole nitrogens is 1. The number of aromatic amines is 1. The molecule has 1 N–H and O–H groups in total. The zero-order valence-corrected chi connectivity index (χ0v) is 12.4. The van der Waals surface area contributed by atoms with Gasteiger partial charge in [0, 0.05) is 30.9 Å². The van der Waals surface area contributed by atoms with Crippen LogP contribution in [-0.2, 0) is 0 Å². The predicted octanol–water partition coefficient (Wildman–Crippen LogP) is 2.58. The van der Waals surface area contributed by atoms with Crippen molar-refractivity contribution >= 4 is 5.91 Å². The Bertz CT molecular complexity index is 657. The Morgan fingerprint density at radius 2 is 2.32 bits per heavy atom. The third-order valence-electron chi connectivity index (χ3n) is 4.07. The summed E-state index contributed by atoms with van der Waals surface area (Å²) in [6, 6.07) is 6.35. The van der Waals surface area contributed by atoms with Crippen LogP contribution in [0.2, 0.25) is 0 Å². The summed E-state index contributed by atoms with van der Waals surface area (Å²) in [7, 11) is 1.37. The highest BCUT2D eigenvalue weighted by molar-refractivity contribution is 5.97. The summed E-state index contributed by atoms with van der Waals surface area (Å²) in [5.41, 5.74) is 1.30. The zero-order valence-electron chi connectivity index (χ0n) is 12.4. The fourth-order valence-electron chi connectivity index (χ4n) is 2.96. The van der Waals surface area contributed by atoms with Crippen molar-refractivity contribution in [2.45, 2.75) is 18.8 Å². The first kappa shape index (κ1) is 14.6. The van der Waals surface area contributed by atoms with Crippen molar-refractivity contribution in [1.29, 1.82) is 0 Å². The Labute approximate surface area is 128 Å². The molecule has 6 heteroatoms. The molecule has 0 spiro atoms. The van der Waals surface area contributed by atoms with Gasteiger partial charge >= 0.3 is 0 Å². The molecule has 5 nitrogen and oxygen atoms in total. The van der Waals surface area contributed by atoms with Gasteiger partial charge in [-0.2, -0.15) is 5.10 Å². The fourth-order valence-corrected chi connectivity index (χ4v) is 2.96. The molecule has 1 fully saturated rings. The zero-order chi connectivity index (χ0) is 15.5. The first-order chi connectivity index (χ1) is 10.7. The van der Waals surface area contributed by atoms with Gasteiger partial charge in [0.1, 0.15) is 0 Å². The predicted molar refractivity (Wildman–Crippen MR) is 79.4 cm³/mol. The Balaban J connectivity index is 1.82. The van der Waals surface area contributed by atoms with E-state index in [1.165, 1.54) is 19.2 Å². The maximum atomic E-state index is 13.8. The number of hydrogen-bond donors (Lipinski definition) is 1. The van der Waals surface area contributed by atoms with Gasteiger partial charge in [-0.05, 0) is 31.0 Å². The Morgan fingerprint density at radius 3 is 3.05 bits per heavy atom. The number of carbonyl (C=O) groups is 1. The summed E-state index contributed by atoms with van der Waals surface area (Å²) in [5, 5.41) is 6.93. The van der Waals surface area contributed by atoms with Crippen molar-refractivity contribution in [1.82, 2.24) is 15.1 Å². The molecule has 0 unspecified atom stereocenters. The van der Waals surface area contributed by atoms with Gasteiger partial charge in [-0.15, -0.1) is 0 Å². The molecule has 1 aliphatic heterocycles. The standard InChI is InChI=1S/C16H18FN3O2/c1-22-15-12(5-2-6-13(15)17)16(21)20-9-3-4-11(10-20)14-7-8-18-19-14/h2,5-8,11H,3-4,9-10H2,1H3,(H,18,19)/t11-/m0/s1. The van der Waals surface area contributed by atoms with Crippen molar-refractivity contribution in [3.05, 3.63) is 47.5 Å². The van der Waals surface area contributed by atoms with Crippen molar-refractivity contribution in [3.8, 4) is 5.75 Å². The molecule has 1 aromatic carbocycles. The van der Waals surface area contributed by atoms with Crippen LogP contribution in [0, 0.1) is 5.82 Å². The summed E-state index contributed by atoms with van der Waals surface area (Å²) in [4.78, 5) is 14.5. The van der Waals surface area contributed by atoms with E-state index in [1.807, 2.05) is 6.07 Å². The van der Waals surface area contributed by atoms with E-state index in [0.717, 1.165) is 18.5 Å². The van der Waals surface area contributed by atoms with Crippen LogP contribution < -0.4 is 4.74 Å². The number of halogens is 1. The number of benzene rings is 1. The van der Waals surface area contributed by atoms with Crippen LogP contribution in [0.5, 0.6) is 5.75 Å². The van der Waals surface area contributed by atoms with Crippen LogP contribution in [0.3, 0.4) is 0 Å². The number of nitrogens with zero attached hydrogens (tertiary/aromatic N) is 2. The summed E-state index contributed by atoms with van der Waals surface area (Å²) < 4.78 is 18.8. The first-order valence-electron chi connectivity index (χ1n) is 7.31. The number of methoxy groups -OCH3 is 1. The number of hydrogen-bond acceptors (Lipinski definition) is 3. The van der Waals surface area contributed by atoms with Crippen LogP contribution in [0.15, 0.2) is 30.5 Å². The minimum atomic E-state index is -0.518. The minimum absolute atomic E-state index is 0.0103. The quantitative estimate of drug-likeness (QED) is 0.948. The van der Waals surface area contributed by atoms with Gasteiger partial charge in [0.05, 0.1) is 12.7 Å². The number of aromatic nitrogens is 2. The molecule has 22 heavy (non-hydrogen) atoms. The third-order valence-corrected chi connectivity index (χ3v) is 4.07. The summed E-state index contributed by atoms with van der Waals surface area (Å²) in [6.45, 7) is 1.27. The molecule has 1 amide bonds. The van der Waals surface area contributed by atoms with Crippen LogP contribution in [0.25, 0.3) is 0 Å². The van der Waals surface area contributed by atoms with Crippen LogP contribution in [-0.4, -0.2) is 41.2 Å². The molecule has 0 aliphatic carbocycles. The highest BCUT2D eigenvalue weighted by Crippen LogP contribution is 2.29. The van der Waals surface area contributed by atoms with E-state index >= 15 is 0 Å². The number of likely N-dealkylation sites (tertiary alicyclic amines) is 1. The lowest BCUT2D eigenvalue weighted by Gasteiger charge is -2.32. The van der Waals surface area contributed by atoms with Gasteiger partial charge in [0.25, 0.3) is 5.91 Å². The molecular weight excluding hydrogens is 285 g/mol. The largest absolute Gasteiger partial charge is 0.493 e. The summed E-state index contributed by atoms with van der Waals surface area (Å²) in [5.74, 6) is -0.466. The number of ether oxygens (including phenoxy) is 1. The lowest BCUT2D eigenvalue weighted by molar-refractivity contribution is 0.0701. The topological polar surface area (TPSA) is 58.2 Å². The van der Waals surface area contributed by atoms with Crippen molar-refractivity contribution in [3.63, 3.8) is 0 Å². The second-order valence-electron chi connectivity index (χ2n) is 5.42. The van der Waals surface area contributed by atoms with Crippen molar-refractivity contribution < 1.29 is 13.9 Å². The SMILES string of the molecule is COc1c(F)cccc1C(=O)N1CCC[C@H](c2ccn[nH]2)C1. The molecule has 2 aromatic rings. The smallest absolute Gasteiger partial charge is 0.257 e. The summed E-state index contributed by atoms with van der Waals surface area (Å²) in [6.07, 6.45) is 3.63. The third kappa shape index (κ3) is 2.68. The first-order valence-corrected chi connectivity index (χ1v) is 7.31. The van der Waals surface area contributed by atoms with Gasteiger partial charge in [0.15, 0.2) is 11.6 Å². The Kier molecular flexibility index (Phi) is 4.09. The lowest BCUT2D eigenvalue weighted by atomic mass is 9.94. The molecule has 1 aromatic heterocycles. The van der Waals surface area contributed by atoms with Crippen LogP contribution in [0.1, 0.15) is 34.8 Å². The highest BCUT2D eigenvalue weighted by atomic mass is 19.1. The fraction of sp³-hybridized carbons (Fsp3) is 0.375. The van der Waals surface area contributed by atoms with E-state index in [4.69, 9.17) is 4.74 Å². The van der Waals surface area contributed by atoms with Crippen LogP contribution >= 0.6 is 0 Å². The van der Waals surface area contributed by atoms with Crippen molar-refractivity contribution in [2.24, 2.45) is 0 Å². The lowest BCUT2D eigenvalue weighted by Crippen LogP contribution is -2.39. The van der Waals surface area contributed by atoms with Crippen molar-refractivity contribution in [2.75, 3.05) is 20.2 Å². The van der Waals surface area contributed by atoms with Crippen LogP contribution in [0.4, 0.5) is 4.39 Å². The number of amides is 1. The molecular formula is C16H18FN3O2. The average molecular weight is 303 g/mol. The molecule has 3 rings (SSSR count). The normalized spacial score (nSPS) is 18.3. The molecule has 0 bridgehead atoms. The highest BCUT2D eigenvalue weighted by Gasteiger charge is 2.28. The molecule has 1 aliphatic rings. The number of piperidine rings is 1. The monoisotopic (exact) mass is 303 g/mol. The van der Waals surface area contributed by atoms with E-state index < -0.39 is 5.82 Å². The number of rotatable bonds is 3. The molecule has 1 saturated heterocycles. The van der Waals surface area contributed by atoms with Gasteiger partial charge in [-0.25, -0.2) is 4.39 Å². The summed E-state index contributed by atoms with van der Waals surface area (Å²) >= 11 is 0. The second-order valence-corrected chi connectivity index (χ2v) is 5.42. The van der Waals surface area contributed by atoms with Gasteiger partial charge < -0.3 is 9.64 Å². The van der Waals surface area contributed by atoms with E-state index in [-0.39, 0.29) is 23.1 Å². The average Bonchev–Trinajstić information content (AvgIpc) is 3.08. The van der Waals surface area contributed by atoms with Gasteiger partial charge in [0.2, 0.25) is 0 Å². The molecule has 116 valence electrons. The second kappa shape index (κ2) is 6.17. The number of para-hydroxylation sites is 1. The van der Waals surface area contributed by atoms with E-state index in [9.17, 15) is 9.18 Å². The van der Waals surface area contributed by atoms with Gasteiger partial charge in [-0.1, -0.05) is 6.07 Å². The molecule has 0 saturated carbocycles. The maximum Gasteiger partial charge on any atom is 0.257 e. The molecule has 0 radical (unpaired) electrons. The van der Waals surface area contributed by atoms with Gasteiger partial charge in [-0.3, -0.25) is 9.89 Å². The van der Waals surface area contributed by atoms with E-state index in [0.29, 0.717) is 13.1 Å². The van der Waals surface area contributed by atoms with E-state index in [2.05, 4.69) is 10.2 Å².